The summed E-state index contributed by atoms with van der Waals surface area (Å²) in [4.78, 5) is 22.6. The Morgan fingerprint density at radius 1 is 0.760 bits per heavy atom. The predicted molar refractivity (Wildman–Crippen MR) is 179 cm³/mol. The maximum absolute atomic E-state index is 12.1. The number of benzene rings is 4. The first-order valence-electron chi connectivity index (χ1n) is 13.9. The molecule has 0 radical (unpaired) electrons. The largest absolute Gasteiger partial charge is 0.478 e. The summed E-state index contributed by atoms with van der Waals surface area (Å²) in [5.41, 5.74) is 5.09. The molecule has 0 amide bonds. The topological polar surface area (TPSA) is 267 Å². The van der Waals surface area contributed by atoms with Crippen molar-refractivity contribution >= 4 is 47.7 Å². The zero-order valence-corrected chi connectivity index (χ0v) is 28.7. The summed E-state index contributed by atoms with van der Waals surface area (Å²) in [6.07, 6.45) is 1.98. The molecule has 0 spiro atoms. The molecule has 4 aromatic carbocycles. The van der Waals surface area contributed by atoms with Gasteiger partial charge in [-0.15, -0.1) is 0 Å². The minimum absolute atomic E-state index is 0.0489. The summed E-state index contributed by atoms with van der Waals surface area (Å²) in [5.74, 6) is -2.47. The van der Waals surface area contributed by atoms with Crippen LogP contribution in [0.5, 0.6) is 23.0 Å². The number of sulfone groups is 2. The zero-order chi connectivity index (χ0) is 37.3. The third kappa shape index (κ3) is 11.6. The van der Waals surface area contributed by atoms with Crippen LogP contribution in [-0.4, -0.2) is 70.7 Å². The van der Waals surface area contributed by atoms with Crippen LogP contribution in [0.25, 0.3) is 0 Å². The Bertz CT molecular complexity index is 2200. The first kappa shape index (κ1) is 38.9. The van der Waals surface area contributed by atoms with Gasteiger partial charge in [0.25, 0.3) is 15.5 Å². The van der Waals surface area contributed by atoms with Crippen molar-refractivity contribution in [3.63, 3.8) is 0 Å². The van der Waals surface area contributed by atoms with Crippen LogP contribution in [0, 0.1) is 5.41 Å². The fourth-order valence-electron chi connectivity index (χ4n) is 3.89. The Balaban J connectivity index is 0.000000292. The molecule has 0 saturated heterocycles. The van der Waals surface area contributed by atoms with E-state index in [9.17, 15) is 34.8 Å². The van der Waals surface area contributed by atoms with Crippen LogP contribution in [0.2, 0.25) is 0 Å². The predicted octanol–water partition coefficient (Wildman–Crippen LogP) is 3.20. The summed E-state index contributed by atoms with van der Waals surface area (Å²) >= 11 is 0. The third-order valence-corrected chi connectivity index (χ3v) is 9.26. The lowest BCUT2D eigenvalue weighted by Crippen LogP contribution is -2.49. The fourth-order valence-corrected chi connectivity index (χ4v) is 6.13. The molecule has 0 saturated carbocycles. The van der Waals surface area contributed by atoms with Gasteiger partial charge in [0.15, 0.2) is 25.6 Å². The fraction of sp³-hybridized carbons (Fsp3) is 0.129. The van der Waals surface area contributed by atoms with E-state index in [2.05, 4.69) is 0 Å². The molecule has 0 aliphatic rings. The molecule has 1 atom stereocenters. The van der Waals surface area contributed by atoms with Crippen LogP contribution in [0.4, 0.5) is 0 Å². The van der Waals surface area contributed by atoms with Gasteiger partial charge in [0.1, 0.15) is 39.4 Å². The molecule has 16 nitrogen and oxygen atoms in total. The SMILES string of the molecule is CS(=O)(=O)c1cc(C(=O)O)ccc1Oc1ccccc1.CS(=O)(=O)c1cc(COC(=O)C(NC(=N)N)S(=O)(=O)O)ccc1Oc1ccccc1. The number of carbonyl (C=O) groups excluding carboxylic acids is 1. The molecule has 4 aromatic rings. The van der Waals surface area contributed by atoms with Crippen LogP contribution in [-0.2, 0) is 45.9 Å². The van der Waals surface area contributed by atoms with Crippen molar-refractivity contribution in [2.24, 2.45) is 5.73 Å². The van der Waals surface area contributed by atoms with E-state index in [1.54, 1.807) is 66.0 Å². The summed E-state index contributed by atoms with van der Waals surface area (Å²) in [6.45, 7) is -0.515. The van der Waals surface area contributed by atoms with Crippen molar-refractivity contribution in [1.82, 2.24) is 5.32 Å². The average Bonchev–Trinajstić information content (AvgIpc) is 3.03. The minimum atomic E-state index is -4.96. The number of hydrogen-bond acceptors (Lipinski definition) is 12. The number of nitrogens with two attached hydrogens (primary N) is 1. The lowest BCUT2D eigenvalue weighted by molar-refractivity contribution is -0.144. The molecule has 50 heavy (non-hydrogen) atoms. The lowest BCUT2D eigenvalue weighted by atomic mass is 10.2. The molecule has 0 fully saturated rings. The molecular formula is C31H31N3O13S3. The maximum Gasteiger partial charge on any atom is 0.347 e. The van der Waals surface area contributed by atoms with Gasteiger partial charge in [-0.05, 0) is 60.2 Å². The number of carbonyl (C=O) groups is 2. The summed E-state index contributed by atoms with van der Waals surface area (Å²) in [7, 11) is -12.3. The number of rotatable bonds is 12. The second-order valence-corrected chi connectivity index (χ2v) is 15.7. The van der Waals surface area contributed by atoms with Gasteiger partial charge in [0.05, 0.1) is 5.56 Å². The van der Waals surface area contributed by atoms with Crippen molar-refractivity contribution in [3.8, 4) is 23.0 Å². The van der Waals surface area contributed by atoms with Gasteiger partial charge in [-0.2, -0.15) is 8.42 Å². The van der Waals surface area contributed by atoms with E-state index in [-0.39, 0.29) is 32.4 Å². The molecule has 1 unspecified atom stereocenters. The van der Waals surface area contributed by atoms with Gasteiger partial charge in [-0.25, -0.2) is 26.4 Å². The standard InChI is InChI=1S/C17H19N3O8S2.C14H12O5S/c1-29(22,23)14-9-11(7-8-13(14)28-12-5-3-2-4-6-12)10-27-16(21)15(20-17(18)19)30(24,25)26;1-20(17,18)13-9-10(14(15)16)7-8-12(13)19-11-5-3-2-4-6-11/h2-9,15H,10H2,1H3,(H4,18,19,20)(H,24,25,26);2-9H,1H3,(H,15,16). The highest BCUT2D eigenvalue weighted by Gasteiger charge is 2.33. The molecule has 4 rings (SSSR count). The van der Waals surface area contributed by atoms with Crippen molar-refractivity contribution in [2.45, 2.75) is 21.8 Å². The highest BCUT2D eigenvalue weighted by Crippen LogP contribution is 2.31. The first-order chi connectivity index (χ1) is 23.3. The summed E-state index contributed by atoms with van der Waals surface area (Å²) < 4.78 is 95.3. The molecule has 0 aliphatic heterocycles. The normalized spacial score (nSPS) is 12.0. The lowest BCUT2D eigenvalue weighted by Gasteiger charge is -2.15. The molecule has 0 bridgehead atoms. The smallest absolute Gasteiger partial charge is 0.347 e. The number of hydrogen-bond donors (Lipinski definition) is 5. The number of nitrogens with one attached hydrogen (secondary N) is 2. The molecular weight excluding hydrogens is 719 g/mol. The van der Waals surface area contributed by atoms with Gasteiger partial charge in [-0.1, -0.05) is 42.5 Å². The molecule has 6 N–H and O–H groups in total. The summed E-state index contributed by atoms with van der Waals surface area (Å²) in [5, 5.41) is 15.4. The highest BCUT2D eigenvalue weighted by molar-refractivity contribution is 7.91. The van der Waals surface area contributed by atoms with Crippen LogP contribution < -0.4 is 20.5 Å². The molecule has 0 heterocycles. The van der Waals surface area contributed by atoms with E-state index in [0.717, 1.165) is 18.6 Å². The van der Waals surface area contributed by atoms with Crippen LogP contribution in [0.3, 0.4) is 0 Å². The third-order valence-electron chi connectivity index (χ3n) is 6.12. The van der Waals surface area contributed by atoms with Gasteiger partial charge >= 0.3 is 11.9 Å². The molecule has 0 aromatic heterocycles. The number of ether oxygens (including phenoxy) is 3. The Hall–Kier alpha value is -5.50. The average molecular weight is 750 g/mol. The van der Waals surface area contributed by atoms with E-state index in [1.165, 1.54) is 30.3 Å². The van der Waals surface area contributed by atoms with E-state index >= 15 is 0 Å². The van der Waals surface area contributed by atoms with Crippen molar-refractivity contribution in [2.75, 3.05) is 12.5 Å². The van der Waals surface area contributed by atoms with E-state index < -0.39 is 59.7 Å². The molecule has 0 aliphatic carbocycles. The Morgan fingerprint density at radius 2 is 1.22 bits per heavy atom. The van der Waals surface area contributed by atoms with Crippen molar-refractivity contribution in [3.05, 3.63) is 108 Å². The zero-order valence-electron chi connectivity index (χ0n) is 26.2. The Labute approximate surface area is 287 Å². The van der Waals surface area contributed by atoms with Crippen LogP contribution in [0.1, 0.15) is 15.9 Å². The second-order valence-electron chi connectivity index (χ2n) is 10.2. The monoisotopic (exact) mass is 749 g/mol. The number of esters is 1. The minimum Gasteiger partial charge on any atom is -0.478 e. The highest BCUT2D eigenvalue weighted by atomic mass is 32.2. The number of guanidine groups is 1. The van der Waals surface area contributed by atoms with Gasteiger partial charge in [0.2, 0.25) is 0 Å². The molecule has 266 valence electrons. The van der Waals surface area contributed by atoms with Crippen LogP contribution in [0.15, 0.2) is 107 Å². The second kappa shape index (κ2) is 16.3. The van der Waals surface area contributed by atoms with Crippen molar-refractivity contribution in [1.29, 1.82) is 5.41 Å². The van der Waals surface area contributed by atoms with E-state index in [1.807, 2.05) is 0 Å². The van der Waals surface area contributed by atoms with E-state index in [0.29, 0.717) is 11.5 Å². The molecule has 19 heteroatoms. The van der Waals surface area contributed by atoms with Gasteiger partial charge in [-0.3, -0.25) is 9.96 Å². The van der Waals surface area contributed by atoms with Crippen molar-refractivity contribution < 1.29 is 58.7 Å². The summed E-state index contributed by atoms with van der Waals surface area (Å²) in [6, 6.07) is 24.9. The number of carboxylic acid groups (broad SMARTS) is 1. The number of carboxylic acids is 1. The van der Waals surface area contributed by atoms with Gasteiger partial charge in [0, 0.05) is 12.5 Å². The Kier molecular flexibility index (Phi) is 12.7. The number of para-hydroxylation sites is 2. The maximum atomic E-state index is 12.1. The first-order valence-corrected chi connectivity index (χ1v) is 19.1. The van der Waals surface area contributed by atoms with Crippen LogP contribution >= 0.6 is 0 Å². The quantitative estimate of drug-likeness (QED) is 0.0602. The van der Waals surface area contributed by atoms with E-state index in [4.69, 9.17) is 35.0 Å². The number of aromatic carboxylic acids is 1. The van der Waals surface area contributed by atoms with Gasteiger partial charge < -0.3 is 30.4 Å². The Morgan fingerprint density at radius 3 is 1.64 bits per heavy atom.